The van der Waals surface area contributed by atoms with Gasteiger partial charge in [0.15, 0.2) is 0 Å². The normalized spacial score (nSPS) is 4.50. The average molecular weight is 253 g/mol. The van der Waals surface area contributed by atoms with Crippen LogP contribution in [-0.4, -0.2) is 26.2 Å². The van der Waals surface area contributed by atoms with E-state index in [0.717, 1.165) is 0 Å². The molecular weight excluding hydrogens is 245 g/mol. The number of rotatable bonds is 0. The first kappa shape index (κ1) is 8.86. The summed E-state index contributed by atoms with van der Waals surface area (Å²) in [4.78, 5) is 0. The van der Waals surface area contributed by atoms with Crippen LogP contribution in [0.25, 0.3) is 0 Å². The van der Waals surface area contributed by atoms with Crippen LogP contribution in [0.5, 0.6) is 0 Å². The summed E-state index contributed by atoms with van der Waals surface area (Å²) in [5.41, 5.74) is 0. The van der Waals surface area contributed by atoms with Crippen molar-refractivity contribution < 1.29 is 0 Å². The minimum atomic E-state index is 0. The third-order valence-corrected chi connectivity index (χ3v) is 0. The van der Waals surface area contributed by atoms with Crippen LogP contribution >= 0.6 is 0 Å². The fourth-order valence-corrected chi connectivity index (χ4v) is 0. The van der Waals surface area contributed by atoms with E-state index < -0.39 is 0 Å². The van der Waals surface area contributed by atoms with Crippen molar-refractivity contribution >= 4 is 26.2 Å². The molecule has 0 spiro atoms. The predicted molar refractivity (Wildman–Crippen MR) is 21.7 cm³/mol. The van der Waals surface area contributed by atoms with E-state index in [9.17, 15) is 0 Å². The molecule has 0 nitrogen and oxygen atoms in total. The van der Waals surface area contributed by atoms with E-state index in [4.69, 9.17) is 0 Å². The van der Waals surface area contributed by atoms with Crippen molar-refractivity contribution in [3.05, 3.63) is 0 Å². The van der Waals surface area contributed by atoms with Gasteiger partial charge in [-0.05, 0) is 0 Å². The molecule has 0 aromatic rings. The Hall–Kier alpha value is 0.883. The van der Waals surface area contributed by atoms with Crippen LogP contribution in [0.4, 0.5) is 0 Å². The molecule has 0 aliphatic carbocycles. The molecule has 0 fully saturated rings. The van der Waals surface area contributed by atoms with Crippen LogP contribution in [0.2, 0.25) is 0 Å². The molecule has 0 aliphatic heterocycles. The number of hydrogen-bond acceptors (Lipinski definition) is 0. The van der Waals surface area contributed by atoms with Crippen LogP contribution < -0.4 is 0 Å². The van der Waals surface area contributed by atoms with Crippen molar-refractivity contribution in [3.63, 3.8) is 0 Å². The van der Waals surface area contributed by atoms with Crippen LogP contribution in [-0.2, 0) is 0 Å². The van der Waals surface area contributed by atoms with Gasteiger partial charge in [0.1, 0.15) is 0 Å². The zero-order valence-corrected chi connectivity index (χ0v) is 6.63. The molecule has 0 bridgehead atoms. The standard InChI is InChI=1S/C3H8.Bi/c1-3-2;/h3H2,1-2H3;. The quantitative estimate of drug-likeness (QED) is 0.566. The second kappa shape index (κ2) is 9.10. The zero-order chi connectivity index (χ0) is 2.71. The second-order valence-electron chi connectivity index (χ2n) is 0.707. The van der Waals surface area contributed by atoms with E-state index in [1.165, 1.54) is 6.42 Å². The smallest absolute Gasteiger partial charge is 0 e. The first-order valence-corrected chi connectivity index (χ1v) is 1.41. The van der Waals surface area contributed by atoms with Gasteiger partial charge in [-0.2, -0.15) is 0 Å². The molecule has 1 heteroatoms. The maximum Gasteiger partial charge on any atom is 0 e. The van der Waals surface area contributed by atoms with Crippen molar-refractivity contribution in [2.24, 2.45) is 0 Å². The van der Waals surface area contributed by atoms with Crippen LogP contribution in [0.3, 0.4) is 0 Å². The first-order chi connectivity index (χ1) is 1.41. The molecule has 0 aromatic heterocycles. The molecule has 0 saturated carbocycles. The molecule has 0 rings (SSSR count). The van der Waals surface area contributed by atoms with Gasteiger partial charge in [-0.15, -0.1) is 0 Å². The van der Waals surface area contributed by atoms with E-state index in [1.54, 1.807) is 0 Å². The fraction of sp³-hybridized carbons (Fsp3) is 1.00. The van der Waals surface area contributed by atoms with Gasteiger partial charge >= 0.3 is 0 Å². The maximum absolute atomic E-state index is 2.12. The summed E-state index contributed by atoms with van der Waals surface area (Å²) in [6.45, 7) is 4.25. The molecule has 0 atom stereocenters. The van der Waals surface area contributed by atoms with Gasteiger partial charge in [-0.1, -0.05) is 20.3 Å². The van der Waals surface area contributed by atoms with E-state index in [-0.39, 0.29) is 26.2 Å². The Morgan fingerprint density at radius 2 is 1.25 bits per heavy atom. The van der Waals surface area contributed by atoms with Crippen molar-refractivity contribution in [2.45, 2.75) is 20.3 Å². The van der Waals surface area contributed by atoms with Crippen molar-refractivity contribution in [2.75, 3.05) is 0 Å². The first-order valence-electron chi connectivity index (χ1n) is 1.41. The molecule has 4 heavy (non-hydrogen) atoms. The molecule has 0 N–H and O–H groups in total. The maximum atomic E-state index is 2.12. The van der Waals surface area contributed by atoms with Crippen LogP contribution in [0.15, 0.2) is 0 Å². The van der Waals surface area contributed by atoms with Gasteiger partial charge in [-0.25, -0.2) is 0 Å². The van der Waals surface area contributed by atoms with Gasteiger partial charge in [-0.3, -0.25) is 0 Å². The Morgan fingerprint density at radius 1 is 1.25 bits per heavy atom. The van der Waals surface area contributed by atoms with Crippen molar-refractivity contribution in [3.8, 4) is 0 Å². The summed E-state index contributed by atoms with van der Waals surface area (Å²) < 4.78 is 0. The van der Waals surface area contributed by atoms with Crippen LogP contribution in [0.1, 0.15) is 20.3 Å². The summed E-state index contributed by atoms with van der Waals surface area (Å²) in [6.07, 6.45) is 1.25. The topological polar surface area (TPSA) is 0 Å². The molecule has 3 radical (unpaired) electrons. The minimum Gasteiger partial charge on any atom is -0.0656 e. The third kappa shape index (κ3) is 13.1. The molecule has 0 unspecified atom stereocenters. The summed E-state index contributed by atoms with van der Waals surface area (Å²) in [5, 5.41) is 0. The summed E-state index contributed by atoms with van der Waals surface area (Å²) >= 11 is 0. The average Bonchev–Trinajstić information content (AvgIpc) is 0.918. The van der Waals surface area contributed by atoms with Gasteiger partial charge in [0, 0.05) is 26.2 Å². The Morgan fingerprint density at radius 3 is 1.25 bits per heavy atom. The molecule has 25 valence electrons. The fourth-order valence-electron chi connectivity index (χ4n) is 0. The SMILES string of the molecule is CCC.[Bi]. The molecule has 0 heterocycles. The summed E-state index contributed by atoms with van der Waals surface area (Å²) in [7, 11) is 0. The Kier molecular flexibility index (Phi) is 20.2. The predicted octanol–water partition coefficient (Wildman–Crippen LogP) is 1.04. The molecular formula is C3H8Bi. The van der Waals surface area contributed by atoms with Crippen molar-refractivity contribution in [1.82, 2.24) is 0 Å². The molecule has 0 saturated heterocycles. The van der Waals surface area contributed by atoms with Crippen molar-refractivity contribution in [1.29, 1.82) is 0 Å². The Balaban J connectivity index is 0. The summed E-state index contributed by atoms with van der Waals surface area (Å²) in [5.74, 6) is 0. The van der Waals surface area contributed by atoms with E-state index in [0.29, 0.717) is 0 Å². The van der Waals surface area contributed by atoms with E-state index >= 15 is 0 Å². The van der Waals surface area contributed by atoms with Gasteiger partial charge in [0.2, 0.25) is 0 Å². The molecule has 0 aromatic carbocycles. The monoisotopic (exact) mass is 253 g/mol. The zero-order valence-electron chi connectivity index (χ0n) is 3.15. The van der Waals surface area contributed by atoms with E-state index in [1.807, 2.05) is 0 Å². The van der Waals surface area contributed by atoms with Crippen LogP contribution in [0, 0.1) is 0 Å². The third-order valence-electron chi connectivity index (χ3n) is 0. The Labute approximate surface area is 46.7 Å². The summed E-state index contributed by atoms with van der Waals surface area (Å²) in [6, 6.07) is 0. The molecule has 0 amide bonds. The van der Waals surface area contributed by atoms with Gasteiger partial charge in [0.25, 0.3) is 0 Å². The largest absolute Gasteiger partial charge is 0.0656 e. The molecule has 0 aliphatic rings. The second-order valence-corrected chi connectivity index (χ2v) is 0.707. The minimum absolute atomic E-state index is 0. The number of hydrogen-bond donors (Lipinski definition) is 0. The van der Waals surface area contributed by atoms with Gasteiger partial charge < -0.3 is 0 Å². The Bertz CT molecular complexity index is 3.25. The van der Waals surface area contributed by atoms with E-state index in [2.05, 4.69) is 13.8 Å². The van der Waals surface area contributed by atoms with Gasteiger partial charge in [0.05, 0.1) is 0 Å².